The lowest BCUT2D eigenvalue weighted by molar-refractivity contribution is -0.142. The van der Waals surface area contributed by atoms with E-state index in [9.17, 15) is 29.5 Å². The Balaban J connectivity index is 0.963. The van der Waals surface area contributed by atoms with Crippen molar-refractivity contribution in [2.24, 2.45) is 0 Å². The Morgan fingerprint density at radius 1 is 0.815 bits per heavy atom. The normalized spacial score (nSPS) is 15.6. The third-order valence-corrected chi connectivity index (χ3v) is 12.4. The van der Waals surface area contributed by atoms with Crippen molar-refractivity contribution < 1.29 is 33.8 Å². The Labute approximate surface area is 383 Å². The predicted octanol–water partition coefficient (Wildman–Crippen LogP) is 9.72. The van der Waals surface area contributed by atoms with E-state index in [-0.39, 0.29) is 26.0 Å². The molecule has 2 aliphatic heterocycles. The number of carboxylic acid groups (broad SMARTS) is 1. The summed E-state index contributed by atoms with van der Waals surface area (Å²) in [5, 5.41) is 28.0. The van der Waals surface area contributed by atoms with Gasteiger partial charge in [0.25, 0.3) is 11.8 Å². The van der Waals surface area contributed by atoms with Crippen molar-refractivity contribution in [2.75, 3.05) is 5.32 Å². The zero-order valence-electron chi connectivity index (χ0n) is 34.5. The highest BCUT2D eigenvalue weighted by Crippen LogP contribution is 2.40. The molecule has 3 amide bonds. The highest BCUT2D eigenvalue weighted by molar-refractivity contribution is 6.42. The summed E-state index contributed by atoms with van der Waals surface area (Å²) in [6.07, 6.45) is -0.975. The van der Waals surface area contributed by atoms with Gasteiger partial charge in [-0.2, -0.15) is 5.26 Å². The van der Waals surface area contributed by atoms with Gasteiger partial charge >= 0.3 is 5.97 Å². The van der Waals surface area contributed by atoms with Gasteiger partial charge in [-0.25, -0.2) is 4.79 Å². The number of halogens is 2. The highest BCUT2D eigenvalue weighted by Gasteiger charge is 2.39. The number of rotatable bonds is 11. The minimum Gasteiger partial charge on any atom is -0.489 e. The third-order valence-electron chi connectivity index (χ3n) is 11.6. The first-order chi connectivity index (χ1) is 31.5. The number of fused-ring (bicyclic) bond motifs is 3. The predicted molar refractivity (Wildman–Crippen MR) is 247 cm³/mol. The second kappa shape index (κ2) is 18.2. The maximum absolute atomic E-state index is 14.5. The van der Waals surface area contributed by atoms with Crippen LogP contribution < -0.4 is 20.1 Å². The van der Waals surface area contributed by atoms with Crippen LogP contribution in [0.3, 0.4) is 0 Å². The largest absolute Gasteiger partial charge is 0.489 e. The second-order valence-corrected chi connectivity index (χ2v) is 16.7. The minimum atomic E-state index is -1.32. The molecule has 2 aliphatic rings. The molecule has 3 N–H and O–H groups in total. The van der Waals surface area contributed by atoms with Crippen LogP contribution in [0.15, 0.2) is 146 Å². The Hall–Kier alpha value is -7.65. The summed E-state index contributed by atoms with van der Waals surface area (Å²) >= 11 is 12.2. The number of carboxylic acids is 1. The van der Waals surface area contributed by atoms with Gasteiger partial charge in [-0.1, -0.05) is 108 Å². The van der Waals surface area contributed by atoms with Crippen LogP contribution >= 0.6 is 23.2 Å². The molecule has 13 heteroatoms. The molecule has 0 spiro atoms. The van der Waals surface area contributed by atoms with E-state index in [0.717, 1.165) is 27.5 Å². The van der Waals surface area contributed by atoms with E-state index in [1.807, 2.05) is 66.7 Å². The van der Waals surface area contributed by atoms with Gasteiger partial charge in [0.15, 0.2) is 0 Å². The van der Waals surface area contributed by atoms with Crippen LogP contribution in [-0.2, 0) is 40.4 Å². The smallest absolute Gasteiger partial charge is 0.326 e. The van der Waals surface area contributed by atoms with E-state index in [0.29, 0.717) is 60.6 Å². The van der Waals surface area contributed by atoms with E-state index in [1.165, 1.54) is 4.90 Å². The van der Waals surface area contributed by atoms with Crippen LogP contribution in [-0.4, -0.2) is 45.8 Å². The maximum atomic E-state index is 14.5. The standard InChI is InChI=1S/C52H38Cl2N4O7/c53-42-19-10-32(21-43(42)54)29-64-41-17-15-35(16-18-41)48-50(60)56-44-24-39-25-46(58(28-40(39)26-47(44)65-48)51(61)38-14-13-33-5-1-2-6-37(33)23-38)49(59)57-45(52(62)63)22-31-4-3-7-36(20-31)34-11-8-30(27-55)9-12-34/h1-21,23-24,26,45-46,48H,22,25,28-29H2,(H,56,60)(H,57,59)(H,62,63)/t45?,46-,48-/m0/s1. The summed E-state index contributed by atoms with van der Waals surface area (Å²) in [5.74, 6) is -1.71. The van der Waals surface area contributed by atoms with E-state index in [4.69, 9.17) is 32.7 Å². The molecule has 0 radical (unpaired) electrons. The van der Waals surface area contributed by atoms with Gasteiger partial charge < -0.3 is 30.1 Å². The summed E-state index contributed by atoms with van der Waals surface area (Å²) in [4.78, 5) is 56.7. The first-order valence-electron chi connectivity index (χ1n) is 20.7. The van der Waals surface area contributed by atoms with Gasteiger partial charge in [0, 0.05) is 30.5 Å². The fourth-order valence-corrected chi connectivity index (χ4v) is 8.52. The number of hydrogen-bond acceptors (Lipinski definition) is 7. The lowest BCUT2D eigenvalue weighted by Gasteiger charge is -2.37. The Morgan fingerprint density at radius 2 is 1.60 bits per heavy atom. The summed E-state index contributed by atoms with van der Waals surface area (Å²) in [5.41, 5.74) is 6.46. The molecule has 7 aromatic rings. The molecule has 0 fully saturated rings. The summed E-state index contributed by atoms with van der Waals surface area (Å²) in [6.45, 7) is 0.262. The van der Waals surface area contributed by atoms with Crippen molar-refractivity contribution in [1.29, 1.82) is 5.26 Å². The van der Waals surface area contributed by atoms with Gasteiger partial charge in [0.1, 0.15) is 30.2 Å². The molecule has 0 saturated heterocycles. The second-order valence-electron chi connectivity index (χ2n) is 15.9. The van der Waals surface area contributed by atoms with E-state index in [2.05, 4.69) is 16.7 Å². The molecule has 3 atom stereocenters. The molecule has 65 heavy (non-hydrogen) atoms. The van der Waals surface area contributed by atoms with Gasteiger partial charge in [-0.05, 0) is 105 Å². The van der Waals surface area contributed by atoms with Gasteiger partial charge in [0.2, 0.25) is 12.0 Å². The first kappa shape index (κ1) is 42.6. The number of carbonyl (C=O) groups is 4. The minimum absolute atomic E-state index is 0.00355. The number of amides is 3. The topological polar surface area (TPSA) is 158 Å². The molecule has 322 valence electrons. The number of nitrogens with zero attached hydrogens (tertiary/aromatic N) is 2. The van der Waals surface area contributed by atoms with Crippen molar-refractivity contribution in [3.8, 4) is 28.7 Å². The third kappa shape index (κ3) is 9.22. The molecular weight excluding hydrogens is 863 g/mol. The molecule has 9 rings (SSSR count). The Morgan fingerprint density at radius 3 is 2.35 bits per heavy atom. The van der Waals surface area contributed by atoms with Gasteiger partial charge in [0.05, 0.1) is 27.4 Å². The number of hydrogen-bond donors (Lipinski definition) is 3. The van der Waals surface area contributed by atoms with Crippen molar-refractivity contribution in [3.63, 3.8) is 0 Å². The molecule has 0 saturated carbocycles. The van der Waals surface area contributed by atoms with Crippen molar-refractivity contribution in [2.45, 2.75) is 44.2 Å². The van der Waals surface area contributed by atoms with Gasteiger partial charge in [-0.15, -0.1) is 0 Å². The van der Waals surface area contributed by atoms with Gasteiger partial charge in [-0.3, -0.25) is 14.4 Å². The number of nitriles is 1. The molecule has 0 aliphatic carbocycles. The number of carbonyl (C=O) groups excluding carboxylic acids is 3. The maximum Gasteiger partial charge on any atom is 0.326 e. The quantitative estimate of drug-likeness (QED) is 0.116. The molecule has 2 heterocycles. The Kier molecular flexibility index (Phi) is 12.0. The molecule has 7 aromatic carbocycles. The Bertz CT molecular complexity index is 3060. The first-order valence-corrected chi connectivity index (χ1v) is 21.5. The fraction of sp³-hybridized carbons (Fsp3) is 0.135. The fourth-order valence-electron chi connectivity index (χ4n) is 8.20. The van der Waals surface area contributed by atoms with E-state index in [1.54, 1.807) is 78.9 Å². The van der Waals surface area contributed by atoms with Crippen LogP contribution in [0, 0.1) is 11.3 Å². The van der Waals surface area contributed by atoms with E-state index < -0.39 is 41.9 Å². The molecule has 1 unspecified atom stereocenters. The molecule has 0 bridgehead atoms. The zero-order valence-corrected chi connectivity index (χ0v) is 36.0. The highest BCUT2D eigenvalue weighted by atomic mass is 35.5. The van der Waals surface area contributed by atoms with Crippen LogP contribution in [0.1, 0.15) is 49.8 Å². The number of benzene rings is 7. The average Bonchev–Trinajstić information content (AvgIpc) is 3.32. The average molecular weight is 902 g/mol. The van der Waals surface area contributed by atoms with Crippen LogP contribution in [0.5, 0.6) is 11.5 Å². The molecular formula is C52H38Cl2N4O7. The summed E-state index contributed by atoms with van der Waals surface area (Å²) < 4.78 is 12.3. The SMILES string of the molecule is N#Cc1ccc(-c2cccc(CC(NC(=O)[C@@H]3Cc4cc5c(cc4CN3C(=O)c3ccc4ccccc4c3)O[C@@H](c3ccc(OCc4ccc(Cl)c(Cl)c4)cc3)C(=O)N5)C(=O)O)c2)cc1. The number of nitrogens with one attached hydrogen (secondary N) is 2. The molecule has 0 aromatic heterocycles. The lowest BCUT2D eigenvalue weighted by Crippen LogP contribution is -2.56. The number of ether oxygens (including phenoxy) is 2. The summed E-state index contributed by atoms with van der Waals surface area (Å²) in [7, 11) is 0. The lowest BCUT2D eigenvalue weighted by atomic mass is 9.90. The monoisotopic (exact) mass is 900 g/mol. The number of aliphatic carboxylic acids is 1. The van der Waals surface area contributed by atoms with Crippen LogP contribution in [0.25, 0.3) is 21.9 Å². The molecule has 11 nitrogen and oxygen atoms in total. The van der Waals surface area contributed by atoms with Crippen molar-refractivity contribution in [3.05, 3.63) is 195 Å². The summed E-state index contributed by atoms with van der Waals surface area (Å²) in [6, 6.07) is 42.9. The number of anilines is 1. The zero-order chi connectivity index (χ0) is 45.2. The van der Waals surface area contributed by atoms with Crippen molar-refractivity contribution in [1.82, 2.24) is 10.2 Å². The van der Waals surface area contributed by atoms with E-state index >= 15 is 0 Å². The van der Waals surface area contributed by atoms with Crippen LogP contribution in [0.2, 0.25) is 10.0 Å². The van der Waals surface area contributed by atoms with Crippen LogP contribution in [0.4, 0.5) is 5.69 Å². The van der Waals surface area contributed by atoms with Crippen molar-refractivity contribution >= 4 is 63.4 Å².